The maximum atomic E-state index is 12.0. The monoisotopic (exact) mass is 243 g/mol. The van der Waals surface area contributed by atoms with E-state index in [1.165, 1.54) is 0 Å². The molecule has 100 valence electrons. The van der Waals surface area contributed by atoms with Gasteiger partial charge in [-0.05, 0) is 20.4 Å². The molecule has 2 N–H and O–H groups in total. The maximum absolute atomic E-state index is 12.0. The summed E-state index contributed by atoms with van der Waals surface area (Å²) in [5, 5.41) is 6.23. The molecule has 0 bridgehead atoms. The number of hydrogen-bond donors (Lipinski definition) is 2. The molecule has 0 aliphatic carbocycles. The van der Waals surface area contributed by atoms with Gasteiger partial charge in [0.1, 0.15) is 6.04 Å². The van der Waals surface area contributed by atoms with Gasteiger partial charge in [-0.15, -0.1) is 0 Å². The van der Waals surface area contributed by atoms with Crippen molar-refractivity contribution in [2.45, 2.75) is 32.9 Å². The number of rotatable bonds is 6. The summed E-state index contributed by atoms with van der Waals surface area (Å²) in [7, 11) is 0. The van der Waals surface area contributed by atoms with E-state index < -0.39 is 0 Å². The summed E-state index contributed by atoms with van der Waals surface area (Å²) in [4.78, 5) is 14.2. The predicted octanol–water partition coefficient (Wildman–Crippen LogP) is -0.179. The number of carbonyl (C=O) groups is 1. The molecular weight excluding hydrogens is 218 g/mol. The van der Waals surface area contributed by atoms with Crippen molar-refractivity contribution in [1.29, 1.82) is 0 Å². The minimum atomic E-state index is -0.134. The molecule has 1 saturated heterocycles. The van der Waals surface area contributed by atoms with Crippen LogP contribution in [-0.2, 0) is 9.53 Å². The molecule has 0 aromatic carbocycles. The number of likely N-dealkylation sites (N-methyl/N-ethyl adjacent to an activating group) is 1. The van der Waals surface area contributed by atoms with Crippen molar-refractivity contribution < 1.29 is 9.53 Å². The first-order chi connectivity index (χ1) is 8.15. The molecule has 1 aliphatic rings. The van der Waals surface area contributed by atoms with Gasteiger partial charge in [0.05, 0.1) is 13.2 Å². The molecule has 1 fully saturated rings. The highest BCUT2D eigenvalue weighted by atomic mass is 16.5. The van der Waals surface area contributed by atoms with E-state index in [-0.39, 0.29) is 18.0 Å². The van der Waals surface area contributed by atoms with Crippen LogP contribution in [-0.4, -0.2) is 62.3 Å². The third-order valence-electron chi connectivity index (χ3n) is 2.80. The van der Waals surface area contributed by atoms with Crippen LogP contribution in [0, 0.1) is 0 Å². The van der Waals surface area contributed by atoms with E-state index in [0.717, 1.165) is 32.8 Å². The predicted molar refractivity (Wildman–Crippen MR) is 68.0 cm³/mol. The SMILES string of the molecule is CCNCCN1CCOCC1C(=O)NC(C)C. The van der Waals surface area contributed by atoms with Crippen molar-refractivity contribution in [2.75, 3.05) is 39.4 Å². The first-order valence-electron chi connectivity index (χ1n) is 6.48. The minimum Gasteiger partial charge on any atom is -0.378 e. The Balaban J connectivity index is 2.44. The Kier molecular flexibility index (Phi) is 6.47. The summed E-state index contributed by atoms with van der Waals surface area (Å²) in [5.41, 5.74) is 0. The van der Waals surface area contributed by atoms with E-state index >= 15 is 0 Å². The number of hydrogen-bond acceptors (Lipinski definition) is 4. The highest BCUT2D eigenvalue weighted by Gasteiger charge is 2.28. The quantitative estimate of drug-likeness (QED) is 0.636. The van der Waals surface area contributed by atoms with E-state index in [1.807, 2.05) is 13.8 Å². The lowest BCUT2D eigenvalue weighted by Gasteiger charge is -2.34. The average Bonchev–Trinajstić information content (AvgIpc) is 2.29. The van der Waals surface area contributed by atoms with Gasteiger partial charge in [0.2, 0.25) is 5.91 Å². The molecule has 5 heteroatoms. The van der Waals surface area contributed by atoms with Gasteiger partial charge in [-0.3, -0.25) is 9.69 Å². The smallest absolute Gasteiger partial charge is 0.239 e. The van der Waals surface area contributed by atoms with Gasteiger partial charge in [0.15, 0.2) is 0 Å². The molecule has 1 amide bonds. The Morgan fingerprint density at radius 2 is 2.29 bits per heavy atom. The van der Waals surface area contributed by atoms with Gasteiger partial charge >= 0.3 is 0 Å². The fraction of sp³-hybridized carbons (Fsp3) is 0.917. The molecular formula is C12H25N3O2. The summed E-state index contributed by atoms with van der Waals surface area (Å²) >= 11 is 0. The highest BCUT2D eigenvalue weighted by Crippen LogP contribution is 2.06. The Hall–Kier alpha value is -0.650. The molecule has 0 saturated carbocycles. The van der Waals surface area contributed by atoms with Crippen molar-refractivity contribution in [3.63, 3.8) is 0 Å². The molecule has 0 spiro atoms. The first kappa shape index (κ1) is 14.4. The molecule has 1 rings (SSSR count). The molecule has 5 nitrogen and oxygen atoms in total. The molecule has 1 heterocycles. The molecule has 0 radical (unpaired) electrons. The summed E-state index contributed by atoms with van der Waals surface area (Å²) in [6.07, 6.45) is 0. The van der Waals surface area contributed by atoms with Crippen LogP contribution in [0.3, 0.4) is 0 Å². The number of nitrogens with one attached hydrogen (secondary N) is 2. The van der Waals surface area contributed by atoms with E-state index in [4.69, 9.17) is 4.74 Å². The minimum absolute atomic E-state index is 0.0798. The molecule has 0 aromatic rings. The van der Waals surface area contributed by atoms with Gasteiger partial charge in [-0.1, -0.05) is 6.92 Å². The lowest BCUT2D eigenvalue weighted by Crippen LogP contribution is -2.56. The van der Waals surface area contributed by atoms with Gasteiger partial charge in [0, 0.05) is 25.7 Å². The normalized spacial score (nSPS) is 21.8. The Bertz CT molecular complexity index is 234. The van der Waals surface area contributed by atoms with Crippen molar-refractivity contribution >= 4 is 5.91 Å². The van der Waals surface area contributed by atoms with Crippen LogP contribution in [0.15, 0.2) is 0 Å². The number of ether oxygens (including phenoxy) is 1. The zero-order chi connectivity index (χ0) is 12.7. The Morgan fingerprint density at radius 3 is 2.94 bits per heavy atom. The lowest BCUT2D eigenvalue weighted by atomic mass is 10.2. The van der Waals surface area contributed by atoms with Crippen LogP contribution >= 0.6 is 0 Å². The van der Waals surface area contributed by atoms with Crippen molar-refractivity contribution in [3.05, 3.63) is 0 Å². The van der Waals surface area contributed by atoms with Gasteiger partial charge in [0.25, 0.3) is 0 Å². The van der Waals surface area contributed by atoms with Crippen LogP contribution < -0.4 is 10.6 Å². The van der Waals surface area contributed by atoms with Crippen molar-refractivity contribution in [1.82, 2.24) is 15.5 Å². The van der Waals surface area contributed by atoms with Crippen molar-refractivity contribution in [3.8, 4) is 0 Å². The zero-order valence-corrected chi connectivity index (χ0v) is 11.2. The topological polar surface area (TPSA) is 53.6 Å². The first-order valence-corrected chi connectivity index (χ1v) is 6.48. The van der Waals surface area contributed by atoms with E-state index in [1.54, 1.807) is 0 Å². The summed E-state index contributed by atoms with van der Waals surface area (Å²) in [6, 6.07) is 0.0462. The van der Waals surface area contributed by atoms with Crippen LogP contribution in [0.2, 0.25) is 0 Å². The molecule has 17 heavy (non-hydrogen) atoms. The fourth-order valence-electron chi connectivity index (χ4n) is 1.93. The van der Waals surface area contributed by atoms with Gasteiger partial charge in [-0.25, -0.2) is 0 Å². The third-order valence-corrected chi connectivity index (χ3v) is 2.80. The third kappa shape index (κ3) is 5.02. The van der Waals surface area contributed by atoms with Gasteiger partial charge < -0.3 is 15.4 Å². The van der Waals surface area contributed by atoms with E-state index in [9.17, 15) is 4.79 Å². The van der Waals surface area contributed by atoms with Gasteiger partial charge in [-0.2, -0.15) is 0 Å². The molecule has 1 aliphatic heterocycles. The van der Waals surface area contributed by atoms with Crippen LogP contribution in [0.4, 0.5) is 0 Å². The second kappa shape index (κ2) is 7.63. The summed E-state index contributed by atoms with van der Waals surface area (Å²) < 4.78 is 5.40. The Morgan fingerprint density at radius 1 is 1.53 bits per heavy atom. The zero-order valence-electron chi connectivity index (χ0n) is 11.2. The van der Waals surface area contributed by atoms with E-state index in [0.29, 0.717) is 6.61 Å². The van der Waals surface area contributed by atoms with Crippen LogP contribution in [0.5, 0.6) is 0 Å². The standard InChI is InChI=1S/C12H25N3O2/c1-4-13-5-6-15-7-8-17-9-11(15)12(16)14-10(2)3/h10-11,13H,4-9H2,1-3H3,(H,14,16). The highest BCUT2D eigenvalue weighted by molar-refractivity contribution is 5.82. The molecule has 1 atom stereocenters. The molecule has 0 aromatic heterocycles. The number of morpholine rings is 1. The summed E-state index contributed by atoms with van der Waals surface area (Å²) in [6.45, 7) is 10.9. The van der Waals surface area contributed by atoms with Crippen LogP contribution in [0.25, 0.3) is 0 Å². The number of carbonyl (C=O) groups excluding carboxylic acids is 1. The summed E-state index contributed by atoms with van der Waals surface area (Å²) in [5.74, 6) is 0.0798. The molecule has 1 unspecified atom stereocenters. The van der Waals surface area contributed by atoms with E-state index in [2.05, 4.69) is 22.5 Å². The average molecular weight is 243 g/mol. The maximum Gasteiger partial charge on any atom is 0.239 e. The fourth-order valence-corrected chi connectivity index (χ4v) is 1.93. The van der Waals surface area contributed by atoms with Crippen LogP contribution in [0.1, 0.15) is 20.8 Å². The van der Waals surface area contributed by atoms with Crippen molar-refractivity contribution in [2.24, 2.45) is 0 Å². The lowest BCUT2D eigenvalue weighted by molar-refractivity contribution is -0.132. The number of nitrogens with zero attached hydrogens (tertiary/aromatic N) is 1. The second-order valence-electron chi connectivity index (χ2n) is 4.64. The number of amides is 1. The Labute approximate surface area is 104 Å². The largest absolute Gasteiger partial charge is 0.378 e. The second-order valence-corrected chi connectivity index (χ2v) is 4.64.